The average molecular weight is 784 g/mol. The zero-order valence-corrected chi connectivity index (χ0v) is 35.8. The highest BCUT2D eigenvalue weighted by Crippen LogP contribution is 2.23. The first kappa shape index (κ1) is 51.9. The molecule has 1 aliphatic rings. The van der Waals surface area contributed by atoms with Crippen LogP contribution in [0.2, 0.25) is 0 Å². The van der Waals surface area contributed by atoms with Crippen LogP contribution in [0.15, 0.2) is 0 Å². The van der Waals surface area contributed by atoms with Gasteiger partial charge < -0.3 is 35.2 Å². The SMILES string of the molecule is CCCCCCCCCCCCCCCCCCCCCC(=O)N[C@H](CO[C@@H]1O[C@H](CO)[C@@H](O)[C@@H](O)[C@H]1O)C(=O)CCCCCCCCCCCCCCC. The molecule has 0 aromatic carbocycles. The van der Waals surface area contributed by atoms with Crippen LogP contribution in [0.25, 0.3) is 0 Å². The fraction of sp³-hybridized carbons (Fsp3) is 0.957. The van der Waals surface area contributed by atoms with Crippen LogP contribution in [-0.4, -0.2) is 82.1 Å². The maximum atomic E-state index is 13.3. The van der Waals surface area contributed by atoms with Crippen LogP contribution in [0.3, 0.4) is 0 Å². The Kier molecular flexibility index (Phi) is 35.1. The van der Waals surface area contributed by atoms with E-state index < -0.39 is 43.4 Å². The fourth-order valence-corrected chi connectivity index (χ4v) is 7.73. The van der Waals surface area contributed by atoms with E-state index in [0.717, 1.165) is 38.5 Å². The van der Waals surface area contributed by atoms with E-state index in [0.29, 0.717) is 12.8 Å². The molecule has 326 valence electrons. The highest BCUT2D eigenvalue weighted by Gasteiger charge is 2.44. The third kappa shape index (κ3) is 28.1. The molecule has 0 saturated carbocycles. The van der Waals surface area contributed by atoms with Gasteiger partial charge in [-0.25, -0.2) is 0 Å². The summed E-state index contributed by atoms with van der Waals surface area (Å²) >= 11 is 0. The summed E-state index contributed by atoms with van der Waals surface area (Å²) in [5, 5.41) is 43.0. The second-order valence-corrected chi connectivity index (χ2v) is 16.7. The van der Waals surface area contributed by atoms with E-state index in [1.54, 1.807) is 0 Å². The highest BCUT2D eigenvalue weighted by atomic mass is 16.7. The van der Waals surface area contributed by atoms with Crippen LogP contribution >= 0.6 is 0 Å². The van der Waals surface area contributed by atoms with Crippen molar-refractivity contribution < 1.29 is 39.5 Å². The van der Waals surface area contributed by atoms with E-state index in [4.69, 9.17) is 9.47 Å². The minimum absolute atomic E-state index is 0.130. The van der Waals surface area contributed by atoms with Crippen molar-refractivity contribution in [2.24, 2.45) is 0 Å². The number of unbranched alkanes of at least 4 members (excludes halogenated alkanes) is 30. The van der Waals surface area contributed by atoms with Gasteiger partial charge in [0, 0.05) is 12.8 Å². The number of ether oxygens (including phenoxy) is 2. The monoisotopic (exact) mass is 784 g/mol. The second-order valence-electron chi connectivity index (χ2n) is 16.7. The molecule has 6 atom stereocenters. The number of hydrogen-bond acceptors (Lipinski definition) is 8. The van der Waals surface area contributed by atoms with Gasteiger partial charge in [-0.2, -0.15) is 0 Å². The Labute approximate surface area is 337 Å². The molecule has 0 aromatic heterocycles. The summed E-state index contributed by atoms with van der Waals surface area (Å²) in [7, 11) is 0. The van der Waals surface area contributed by atoms with Crippen LogP contribution < -0.4 is 5.32 Å². The summed E-state index contributed by atoms with van der Waals surface area (Å²) in [6.07, 6.45) is 33.9. The number of Topliss-reactive ketones (excluding diaryl/α,β-unsaturated/α-hetero) is 1. The van der Waals surface area contributed by atoms with Gasteiger partial charge in [0.25, 0.3) is 0 Å². The number of aliphatic hydroxyl groups is 4. The largest absolute Gasteiger partial charge is 0.394 e. The standard InChI is InChI=1S/C46H89NO8/c1-3-5-7-9-11-13-15-17-18-19-20-21-22-24-26-28-30-32-34-36-42(50)47-39(38-54-46-45(53)44(52)43(51)41(37-48)55-46)40(49)35-33-31-29-27-25-23-16-14-12-10-8-6-4-2/h39,41,43-46,48,51-53H,3-38H2,1-2H3,(H,47,50)/t39-,41-,43-,44-,45-,46-/m1/s1. The van der Waals surface area contributed by atoms with E-state index in [2.05, 4.69) is 19.2 Å². The molecule has 0 aliphatic carbocycles. The van der Waals surface area contributed by atoms with Crippen LogP contribution in [0.5, 0.6) is 0 Å². The van der Waals surface area contributed by atoms with Gasteiger partial charge in [0.05, 0.1) is 13.2 Å². The Hall–Kier alpha value is -1.10. The molecule has 55 heavy (non-hydrogen) atoms. The smallest absolute Gasteiger partial charge is 0.220 e. The lowest BCUT2D eigenvalue weighted by atomic mass is 9.99. The van der Waals surface area contributed by atoms with Gasteiger partial charge in [0.2, 0.25) is 5.91 Å². The summed E-state index contributed by atoms with van der Waals surface area (Å²) in [4.78, 5) is 26.2. The Bertz CT molecular complexity index is 873. The van der Waals surface area contributed by atoms with E-state index in [1.807, 2.05) is 0 Å². The van der Waals surface area contributed by atoms with E-state index in [1.165, 1.54) is 167 Å². The van der Waals surface area contributed by atoms with Crippen LogP contribution in [0.1, 0.15) is 232 Å². The number of nitrogens with one attached hydrogen (secondary N) is 1. The molecule has 0 aromatic rings. The summed E-state index contributed by atoms with van der Waals surface area (Å²) in [6.45, 7) is 3.73. The van der Waals surface area contributed by atoms with Crippen LogP contribution in [0.4, 0.5) is 0 Å². The molecular weight excluding hydrogens is 695 g/mol. The molecule has 1 heterocycles. The molecule has 1 saturated heterocycles. The summed E-state index contributed by atoms with van der Waals surface area (Å²) in [5.74, 6) is -0.331. The van der Waals surface area contributed by atoms with Gasteiger partial charge in [-0.05, 0) is 12.8 Å². The molecule has 0 unspecified atom stereocenters. The molecule has 0 radical (unpaired) electrons. The molecule has 1 rings (SSSR count). The third-order valence-corrected chi connectivity index (χ3v) is 11.5. The number of ketones is 1. The number of aliphatic hydroxyl groups excluding tert-OH is 4. The van der Waals surface area contributed by atoms with Crippen molar-refractivity contribution in [1.29, 1.82) is 0 Å². The van der Waals surface area contributed by atoms with Gasteiger partial charge in [-0.1, -0.05) is 206 Å². The van der Waals surface area contributed by atoms with Crippen molar-refractivity contribution in [2.45, 2.75) is 269 Å². The Balaban J connectivity index is 2.28. The van der Waals surface area contributed by atoms with Crippen molar-refractivity contribution in [1.82, 2.24) is 5.32 Å². The number of hydrogen-bond donors (Lipinski definition) is 5. The minimum atomic E-state index is -1.57. The number of rotatable bonds is 40. The Morgan fingerprint density at radius 3 is 1.22 bits per heavy atom. The number of amides is 1. The maximum absolute atomic E-state index is 13.3. The topological polar surface area (TPSA) is 146 Å². The molecular formula is C46H89NO8. The number of carbonyl (C=O) groups is 2. The van der Waals surface area contributed by atoms with E-state index in [9.17, 15) is 30.0 Å². The lowest BCUT2D eigenvalue weighted by Gasteiger charge is -2.39. The quantitative estimate of drug-likeness (QED) is 0.0386. The second kappa shape index (κ2) is 37.2. The molecule has 9 heteroatoms. The molecule has 1 amide bonds. The van der Waals surface area contributed by atoms with Gasteiger partial charge in [0.15, 0.2) is 12.1 Å². The molecule has 0 bridgehead atoms. The minimum Gasteiger partial charge on any atom is -0.394 e. The van der Waals surface area contributed by atoms with Crippen molar-refractivity contribution in [3.05, 3.63) is 0 Å². The lowest BCUT2D eigenvalue weighted by Crippen LogP contribution is -2.59. The summed E-state index contributed by atoms with van der Waals surface area (Å²) < 4.78 is 11.2. The molecule has 5 N–H and O–H groups in total. The summed E-state index contributed by atoms with van der Waals surface area (Å²) in [5.41, 5.74) is 0. The zero-order chi connectivity index (χ0) is 40.2. The predicted molar refractivity (Wildman–Crippen MR) is 225 cm³/mol. The first-order valence-corrected chi connectivity index (χ1v) is 23.6. The zero-order valence-electron chi connectivity index (χ0n) is 35.8. The average Bonchev–Trinajstić information content (AvgIpc) is 3.18. The van der Waals surface area contributed by atoms with Crippen molar-refractivity contribution >= 4 is 11.7 Å². The van der Waals surface area contributed by atoms with Crippen molar-refractivity contribution in [3.63, 3.8) is 0 Å². The van der Waals surface area contributed by atoms with Crippen LogP contribution in [-0.2, 0) is 19.1 Å². The number of carbonyl (C=O) groups excluding carboxylic acids is 2. The Morgan fingerprint density at radius 1 is 0.509 bits per heavy atom. The van der Waals surface area contributed by atoms with Gasteiger partial charge in [-0.15, -0.1) is 0 Å². The molecule has 0 spiro atoms. The van der Waals surface area contributed by atoms with E-state index in [-0.39, 0.29) is 18.3 Å². The molecule has 1 aliphatic heterocycles. The fourth-order valence-electron chi connectivity index (χ4n) is 7.73. The third-order valence-electron chi connectivity index (χ3n) is 11.5. The molecule has 9 nitrogen and oxygen atoms in total. The van der Waals surface area contributed by atoms with Gasteiger partial charge >= 0.3 is 0 Å². The first-order chi connectivity index (χ1) is 26.8. The van der Waals surface area contributed by atoms with Gasteiger partial charge in [-0.3, -0.25) is 9.59 Å². The van der Waals surface area contributed by atoms with Crippen molar-refractivity contribution in [3.8, 4) is 0 Å². The summed E-state index contributed by atoms with van der Waals surface area (Å²) in [6, 6.07) is -0.905. The van der Waals surface area contributed by atoms with Crippen LogP contribution in [0, 0.1) is 0 Å². The highest BCUT2D eigenvalue weighted by molar-refractivity contribution is 5.89. The van der Waals surface area contributed by atoms with Crippen molar-refractivity contribution in [2.75, 3.05) is 13.2 Å². The normalized spacial score (nSPS) is 20.5. The van der Waals surface area contributed by atoms with Gasteiger partial charge in [0.1, 0.15) is 30.5 Å². The maximum Gasteiger partial charge on any atom is 0.220 e. The predicted octanol–water partition coefficient (Wildman–Crippen LogP) is 10.2. The molecule has 1 fully saturated rings. The Morgan fingerprint density at radius 2 is 0.855 bits per heavy atom. The lowest BCUT2D eigenvalue weighted by molar-refractivity contribution is -0.301. The van der Waals surface area contributed by atoms with E-state index >= 15 is 0 Å². The first-order valence-electron chi connectivity index (χ1n) is 23.6.